The zero-order valence-corrected chi connectivity index (χ0v) is 10.0. The van der Waals surface area contributed by atoms with Crippen molar-refractivity contribution in [1.82, 2.24) is 4.98 Å². The Hall–Kier alpha value is -1.34. The number of nitrogens with zero attached hydrogens (tertiary/aromatic N) is 1. The molecule has 0 fully saturated rings. The van der Waals surface area contributed by atoms with Crippen LogP contribution in [0.1, 0.15) is 17.7 Å². The van der Waals surface area contributed by atoms with Gasteiger partial charge in [-0.15, -0.1) is 11.6 Å². The van der Waals surface area contributed by atoms with Crippen molar-refractivity contribution in [1.29, 1.82) is 0 Å². The summed E-state index contributed by atoms with van der Waals surface area (Å²) in [6.45, 7) is 2.01. The third kappa shape index (κ3) is 2.61. The molecule has 2 heteroatoms. The first-order chi connectivity index (χ1) is 7.79. The van der Waals surface area contributed by atoms with Gasteiger partial charge in [0.25, 0.3) is 0 Å². The molecule has 0 N–H and O–H groups in total. The maximum absolute atomic E-state index is 5.62. The molecule has 0 radical (unpaired) electrons. The Bertz CT molecular complexity index is 517. The molecule has 16 heavy (non-hydrogen) atoms. The predicted octanol–water partition coefficient (Wildman–Crippen LogP) is 4.19. The number of pyridine rings is 1. The van der Waals surface area contributed by atoms with Gasteiger partial charge in [-0.2, -0.15) is 0 Å². The molecule has 1 aromatic heterocycles. The second kappa shape index (κ2) is 5.13. The molecule has 0 bridgehead atoms. The van der Waals surface area contributed by atoms with E-state index in [1.165, 1.54) is 10.9 Å². The van der Waals surface area contributed by atoms with Crippen LogP contribution in [0.5, 0.6) is 0 Å². The SMILES string of the molecule is Cc1ccc2cc(C=CCCCl)ccc2n1. The summed E-state index contributed by atoms with van der Waals surface area (Å²) in [7, 11) is 0. The molecule has 0 unspecified atom stereocenters. The second-order valence-corrected chi connectivity index (χ2v) is 4.16. The van der Waals surface area contributed by atoms with Crippen molar-refractivity contribution >= 4 is 28.6 Å². The number of hydrogen-bond acceptors (Lipinski definition) is 1. The van der Waals surface area contributed by atoms with Crippen LogP contribution in [-0.4, -0.2) is 10.9 Å². The molecule has 0 spiro atoms. The van der Waals surface area contributed by atoms with Crippen molar-refractivity contribution in [3.8, 4) is 0 Å². The van der Waals surface area contributed by atoms with Gasteiger partial charge in [-0.25, -0.2) is 0 Å². The number of aryl methyl sites for hydroxylation is 1. The molecule has 1 aromatic carbocycles. The molecular formula is C14H14ClN. The van der Waals surface area contributed by atoms with Crippen LogP contribution in [0.4, 0.5) is 0 Å². The largest absolute Gasteiger partial charge is 0.253 e. The van der Waals surface area contributed by atoms with Gasteiger partial charge in [-0.05, 0) is 37.1 Å². The summed E-state index contributed by atoms with van der Waals surface area (Å²) < 4.78 is 0. The van der Waals surface area contributed by atoms with E-state index in [1.54, 1.807) is 0 Å². The highest BCUT2D eigenvalue weighted by atomic mass is 35.5. The standard InChI is InChI=1S/C14H14ClN/c1-11-5-7-13-10-12(4-2-3-9-15)6-8-14(13)16-11/h2,4-8,10H,3,9H2,1H3. The normalized spacial score (nSPS) is 11.4. The van der Waals surface area contributed by atoms with E-state index in [9.17, 15) is 0 Å². The molecule has 0 saturated heterocycles. The highest BCUT2D eigenvalue weighted by molar-refractivity contribution is 6.17. The van der Waals surface area contributed by atoms with Gasteiger partial charge in [-0.1, -0.05) is 24.3 Å². The fraction of sp³-hybridized carbons (Fsp3) is 0.214. The van der Waals surface area contributed by atoms with Crippen LogP contribution in [0.25, 0.3) is 17.0 Å². The fourth-order valence-corrected chi connectivity index (χ4v) is 1.76. The molecule has 0 amide bonds. The van der Waals surface area contributed by atoms with Gasteiger partial charge in [0.15, 0.2) is 0 Å². The van der Waals surface area contributed by atoms with E-state index < -0.39 is 0 Å². The van der Waals surface area contributed by atoms with Crippen molar-refractivity contribution < 1.29 is 0 Å². The highest BCUT2D eigenvalue weighted by Gasteiger charge is 1.95. The number of fused-ring (bicyclic) bond motifs is 1. The van der Waals surface area contributed by atoms with Crippen molar-refractivity contribution in [2.24, 2.45) is 0 Å². The molecular weight excluding hydrogens is 218 g/mol. The molecule has 0 aliphatic rings. The molecule has 0 aliphatic carbocycles. The summed E-state index contributed by atoms with van der Waals surface area (Å²) in [5, 5.41) is 1.18. The minimum absolute atomic E-state index is 0.671. The Kier molecular flexibility index (Phi) is 3.58. The van der Waals surface area contributed by atoms with E-state index in [-0.39, 0.29) is 0 Å². The molecule has 0 atom stereocenters. The topological polar surface area (TPSA) is 12.9 Å². The first-order valence-electron chi connectivity index (χ1n) is 5.39. The number of halogens is 1. The van der Waals surface area contributed by atoms with Crippen LogP contribution in [0.15, 0.2) is 36.4 Å². The predicted molar refractivity (Wildman–Crippen MR) is 70.9 cm³/mol. The average molecular weight is 232 g/mol. The van der Waals surface area contributed by atoms with E-state index in [0.29, 0.717) is 5.88 Å². The van der Waals surface area contributed by atoms with E-state index >= 15 is 0 Å². The minimum atomic E-state index is 0.671. The molecule has 0 saturated carbocycles. The monoisotopic (exact) mass is 231 g/mol. The first kappa shape index (κ1) is 11.2. The zero-order chi connectivity index (χ0) is 11.4. The lowest BCUT2D eigenvalue weighted by Gasteiger charge is -2.00. The van der Waals surface area contributed by atoms with E-state index in [0.717, 1.165) is 17.6 Å². The number of hydrogen-bond donors (Lipinski definition) is 0. The maximum atomic E-state index is 5.62. The molecule has 2 rings (SSSR count). The summed E-state index contributed by atoms with van der Waals surface area (Å²) in [5.74, 6) is 0.671. The van der Waals surface area contributed by atoms with Gasteiger partial charge in [0.05, 0.1) is 5.52 Å². The van der Waals surface area contributed by atoms with E-state index in [4.69, 9.17) is 11.6 Å². The Morgan fingerprint density at radius 2 is 2.12 bits per heavy atom. The Balaban J connectivity index is 2.33. The molecule has 82 valence electrons. The van der Waals surface area contributed by atoms with Gasteiger partial charge in [0.1, 0.15) is 0 Å². The number of aromatic nitrogens is 1. The summed E-state index contributed by atoms with van der Waals surface area (Å²) in [4.78, 5) is 4.47. The number of benzene rings is 1. The number of rotatable bonds is 3. The van der Waals surface area contributed by atoms with Gasteiger partial charge in [0, 0.05) is 17.0 Å². The van der Waals surface area contributed by atoms with Gasteiger partial charge in [0.2, 0.25) is 0 Å². The quantitative estimate of drug-likeness (QED) is 0.722. The second-order valence-electron chi connectivity index (χ2n) is 3.78. The van der Waals surface area contributed by atoms with E-state index in [1.807, 2.05) is 13.0 Å². The van der Waals surface area contributed by atoms with Crippen LogP contribution < -0.4 is 0 Å². The third-order valence-electron chi connectivity index (χ3n) is 2.44. The Labute approximate surface area is 101 Å². The van der Waals surface area contributed by atoms with Crippen LogP contribution in [0.3, 0.4) is 0 Å². The van der Waals surface area contributed by atoms with Crippen molar-refractivity contribution in [3.63, 3.8) is 0 Å². The summed E-state index contributed by atoms with van der Waals surface area (Å²) in [6, 6.07) is 10.4. The lowest BCUT2D eigenvalue weighted by molar-refractivity contribution is 1.24. The molecule has 1 heterocycles. The first-order valence-corrected chi connectivity index (χ1v) is 5.93. The third-order valence-corrected chi connectivity index (χ3v) is 2.66. The molecule has 1 nitrogen and oxygen atoms in total. The number of allylic oxidation sites excluding steroid dienone is 1. The Morgan fingerprint density at radius 1 is 1.25 bits per heavy atom. The van der Waals surface area contributed by atoms with Gasteiger partial charge in [-0.3, -0.25) is 4.98 Å². The summed E-state index contributed by atoms with van der Waals surface area (Å²) >= 11 is 5.62. The van der Waals surface area contributed by atoms with Crippen LogP contribution in [0.2, 0.25) is 0 Å². The van der Waals surface area contributed by atoms with Crippen LogP contribution in [0, 0.1) is 6.92 Å². The minimum Gasteiger partial charge on any atom is -0.253 e. The van der Waals surface area contributed by atoms with Crippen LogP contribution in [-0.2, 0) is 0 Å². The van der Waals surface area contributed by atoms with Gasteiger partial charge >= 0.3 is 0 Å². The molecule has 0 aliphatic heterocycles. The van der Waals surface area contributed by atoms with Crippen molar-refractivity contribution in [2.75, 3.05) is 5.88 Å². The van der Waals surface area contributed by atoms with Crippen molar-refractivity contribution in [3.05, 3.63) is 47.7 Å². The zero-order valence-electron chi connectivity index (χ0n) is 9.28. The molecule has 2 aromatic rings. The average Bonchev–Trinajstić information content (AvgIpc) is 2.29. The number of alkyl halides is 1. The van der Waals surface area contributed by atoms with Gasteiger partial charge < -0.3 is 0 Å². The van der Waals surface area contributed by atoms with E-state index in [2.05, 4.69) is 41.4 Å². The highest BCUT2D eigenvalue weighted by Crippen LogP contribution is 2.15. The lowest BCUT2D eigenvalue weighted by Crippen LogP contribution is -1.83. The van der Waals surface area contributed by atoms with Crippen LogP contribution >= 0.6 is 11.6 Å². The maximum Gasteiger partial charge on any atom is 0.0705 e. The van der Waals surface area contributed by atoms with Crippen molar-refractivity contribution in [2.45, 2.75) is 13.3 Å². The smallest absolute Gasteiger partial charge is 0.0705 e. The fourth-order valence-electron chi connectivity index (χ4n) is 1.63. The summed E-state index contributed by atoms with van der Waals surface area (Å²) in [5.41, 5.74) is 3.30. The summed E-state index contributed by atoms with van der Waals surface area (Å²) in [6.07, 6.45) is 5.10. The Morgan fingerprint density at radius 3 is 2.94 bits per heavy atom. The lowest BCUT2D eigenvalue weighted by atomic mass is 10.1.